The molecule has 0 radical (unpaired) electrons. The van der Waals surface area contributed by atoms with Crippen LogP contribution in [0.1, 0.15) is 43.4 Å². The van der Waals surface area contributed by atoms with E-state index in [4.69, 9.17) is 9.47 Å². The second kappa shape index (κ2) is 8.75. The molecule has 0 aliphatic heterocycles. The molecule has 4 nitrogen and oxygen atoms in total. The standard InChI is InChI=1S/C22H29NO3/c1-14(2)18-9-7-8-15(3)21(18)23-22(24)16(4)12-17-10-11-19(25-5)20(13-17)26-6/h7-11,13-14,16H,12H2,1-6H3,(H,23,24). The monoisotopic (exact) mass is 355 g/mol. The van der Waals surface area contributed by atoms with E-state index in [0.29, 0.717) is 23.8 Å². The van der Waals surface area contributed by atoms with Gasteiger partial charge in [-0.25, -0.2) is 0 Å². The molecule has 1 atom stereocenters. The van der Waals surface area contributed by atoms with Crippen LogP contribution in [0.3, 0.4) is 0 Å². The number of aryl methyl sites for hydroxylation is 1. The van der Waals surface area contributed by atoms with Crippen molar-refractivity contribution in [2.75, 3.05) is 19.5 Å². The Morgan fingerprint density at radius 3 is 2.35 bits per heavy atom. The second-order valence-electron chi connectivity index (χ2n) is 6.98. The summed E-state index contributed by atoms with van der Waals surface area (Å²) in [7, 11) is 3.23. The highest BCUT2D eigenvalue weighted by molar-refractivity contribution is 5.94. The maximum Gasteiger partial charge on any atom is 0.227 e. The van der Waals surface area contributed by atoms with E-state index in [1.54, 1.807) is 14.2 Å². The van der Waals surface area contributed by atoms with Gasteiger partial charge in [0.05, 0.1) is 14.2 Å². The third kappa shape index (κ3) is 4.57. The third-order valence-corrected chi connectivity index (χ3v) is 4.61. The van der Waals surface area contributed by atoms with E-state index in [1.165, 1.54) is 0 Å². The lowest BCUT2D eigenvalue weighted by molar-refractivity contribution is -0.119. The molecular weight excluding hydrogens is 326 g/mol. The molecule has 1 unspecified atom stereocenters. The number of rotatable bonds is 7. The average Bonchev–Trinajstić information content (AvgIpc) is 2.62. The SMILES string of the molecule is COc1ccc(CC(C)C(=O)Nc2c(C)cccc2C(C)C)cc1OC. The Kier molecular flexibility index (Phi) is 6.67. The van der Waals surface area contributed by atoms with E-state index in [9.17, 15) is 4.79 Å². The molecular formula is C22H29NO3. The molecule has 0 aliphatic carbocycles. The second-order valence-corrected chi connectivity index (χ2v) is 6.98. The molecule has 0 saturated heterocycles. The van der Waals surface area contributed by atoms with Gasteiger partial charge < -0.3 is 14.8 Å². The summed E-state index contributed by atoms with van der Waals surface area (Å²) in [6, 6.07) is 11.9. The number of anilines is 1. The molecule has 2 aromatic carbocycles. The summed E-state index contributed by atoms with van der Waals surface area (Å²) in [5.41, 5.74) is 4.23. The molecule has 1 N–H and O–H groups in total. The summed E-state index contributed by atoms with van der Waals surface area (Å²) in [5.74, 6) is 1.59. The van der Waals surface area contributed by atoms with E-state index < -0.39 is 0 Å². The predicted molar refractivity (Wildman–Crippen MR) is 106 cm³/mol. The summed E-state index contributed by atoms with van der Waals surface area (Å²) in [5, 5.41) is 3.14. The molecule has 1 amide bonds. The number of carbonyl (C=O) groups excluding carboxylic acids is 1. The molecule has 2 aromatic rings. The Bertz CT molecular complexity index is 768. The minimum Gasteiger partial charge on any atom is -0.493 e. The zero-order valence-corrected chi connectivity index (χ0v) is 16.6. The number of hydrogen-bond donors (Lipinski definition) is 1. The van der Waals surface area contributed by atoms with Crippen LogP contribution in [-0.2, 0) is 11.2 Å². The molecule has 0 heterocycles. The lowest BCUT2D eigenvalue weighted by Gasteiger charge is -2.19. The van der Waals surface area contributed by atoms with Crippen LogP contribution < -0.4 is 14.8 Å². The van der Waals surface area contributed by atoms with Crippen LogP contribution in [0.25, 0.3) is 0 Å². The van der Waals surface area contributed by atoms with Gasteiger partial charge in [-0.3, -0.25) is 4.79 Å². The maximum absolute atomic E-state index is 12.8. The van der Waals surface area contributed by atoms with Gasteiger partial charge in [0, 0.05) is 11.6 Å². The zero-order valence-electron chi connectivity index (χ0n) is 16.6. The van der Waals surface area contributed by atoms with E-state index >= 15 is 0 Å². The van der Waals surface area contributed by atoms with Gasteiger partial charge in [-0.15, -0.1) is 0 Å². The molecule has 4 heteroatoms. The lowest BCUT2D eigenvalue weighted by atomic mass is 9.96. The van der Waals surface area contributed by atoms with Crippen LogP contribution in [0.5, 0.6) is 11.5 Å². The molecule has 2 rings (SSSR count). The number of methoxy groups -OCH3 is 2. The minimum atomic E-state index is -0.160. The number of carbonyl (C=O) groups is 1. The van der Waals surface area contributed by atoms with Gasteiger partial charge in [-0.2, -0.15) is 0 Å². The summed E-state index contributed by atoms with van der Waals surface area (Å²) < 4.78 is 10.6. The normalized spacial score (nSPS) is 12.0. The van der Waals surface area contributed by atoms with Crippen LogP contribution in [0.15, 0.2) is 36.4 Å². The molecule has 0 bridgehead atoms. The van der Waals surface area contributed by atoms with Gasteiger partial charge in [0.25, 0.3) is 0 Å². The minimum absolute atomic E-state index is 0.0241. The van der Waals surface area contributed by atoms with Crippen molar-refractivity contribution in [1.82, 2.24) is 0 Å². The number of hydrogen-bond acceptors (Lipinski definition) is 3. The van der Waals surface area contributed by atoms with Crippen molar-refractivity contribution in [3.63, 3.8) is 0 Å². The van der Waals surface area contributed by atoms with Crippen LogP contribution in [0.2, 0.25) is 0 Å². The van der Waals surface area contributed by atoms with E-state index in [2.05, 4.69) is 25.2 Å². The van der Waals surface area contributed by atoms with Crippen molar-refractivity contribution in [3.05, 3.63) is 53.1 Å². The summed E-state index contributed by atoms with van der Waals surface area (Å²) in [4.78, 5) is 12.8. The molecule has 140 valence electrons. The van der Waals surface area contributed by atoms with Crippen LogP contribution >= 0.6 is 0 Å². The van der Waals surface area contributed by atoms with Gasteiger partial charge in [0.2, 0.25) is 5.91 Å². The van der Waals surface area contributed by atoms with E-state index in [-0.39, 0.29) is 11.8 Å². The Morgan fingerprint density at radius 1 is 1.04 bits per heavy atom. The number of nitrogens with one attached hydrogen (secondary N) is 1. The van der Waals surface area contributed by atoms with Crippen molar-refractivity contribution < 1.29 is 14.3 Å². The quantitative estimate of drug-likeness (QED) is 0.764. The third-order valence-electron chi connectivity index (χ3n) is 4.61. The summed E-state index contributed by atoms with van der Waals surface area (Å²) >= 11 is 0. The van der Waals surface area contributed by atoms with Gasteiger partial charge in [-0.05, 0) is 48.1 Å². The van der Waals surface area contributed by atoms with E-state index in [1.807, 2.05) is 44.2 Å². The molecule has 0 spiro atoms. The van der Waals surface area contributed by atoms with E-state index in [0.717, 1.165) is 22.4 Å². The topological polar surface area (TPSA) is 47.6 Å². The van der Waals surface area contributed by atoms with Crippen LogP contribution in [-0.4, -0.2) is 20.1 Å². The summed E-state index contributed by atoms with van der Waals surface area (Å²) in [6.07, 6.45) is 0.634. The first kappa shape index (κ1) is 19.8. The average molecular weight is 355 g/mol. The largest absolute Gasteiger partial charge is 0.493 e. The van der Waals surface area contributed by atoms with Gasteiger partial charge in [0.1, 0.15) is 0 Å². The highest BCUT2D eigenvalue weighted by Crippen LogP contribution is 2.30. The van der Waals surface area contributed by atoms with Crippen LogP contribution in [0, 0.1) is 12.8 Å². The fourth-order valence-electron chi connectivity index (χ4n) is 3.04. The predicted octanol–water partition coefficient (Wildman–Crippen LogP) is 4.95. The van der Waals surface area contributed by atoms with Crippen molar-refractivity contribution in [1.29, 1.82) is 0 Å². The number of ether oxygens (including phenoxy) is 2. The Morgan fingerprint density at radius 2 is 1.73 bits per heavy atom. The highest BCUT2D eigenvalue weighted by Gasteiger charge is 2.18. The van der Waals surface area contributed by atoms with Crippen LogP contribution in [0.4, 0.5) is 5.69 Å². The first-order valence-electron chi connectivity index (χ1n) is 8.98. The first-order chi connectivity index (χ1) is 12.4. The first-order valence-corrected chi connectivity index (χ1v) is 8.98. The molecule has 0 aliphatic rings. The lowest BCUT2D eigenvalue weighted by Crippen LogP contribution is -2.23. The molecule has 0 fully saturated rings. The van der Waals surface area contributed by atoms with Gasteiger partial charge in [0.15, 0.2) is 11.5 Å². The van der Waals surface area contributed by atoms with Gasteiger partial charge in [-0.1, -0.05) is 45.0 Å². The van der Waals surface area contributed by atoms with Crippen molar-refractivity contribution in [2.45, 2.75) is 40.0 Å². The number of amides is 1. The Hall–Kier alpha value is -2.49. The molecule has 26 heavy (non-hydrogen) atoms. The number of benzene rings is 2. The molecule has 0 aromatic heterocycles. The van der Waals surface area contributed by atoms with Crippen molar-refractivity contribution in [2.24, 2.45) is 5.92 Å². The number of para-hydroxylation sites is 1. The smallest absolute Gasteiger partial charge is 0.227 e. The Labute approximate surface area is 156 Å². The molecule has 0 saturated carbocycles. The maximum atomic E-state index is 12.8. The Balaban J connectivity index is 2.14. The summed E-state index contributed by atoms with van der Waals surface area (Å²) in [6.45, 7) is 8.24. The fourth-order valence-corrected chi connectivity index (χ4v) is 3.04. The van der Waals surface area contributed by atoms with Gasteiger partial charge >= 0.3 is 0 Å². The highest BCUT2D eigenvalue weighted by atomic mass is 16.5. The van der Waals surface area contributed by atoms with Crippen molar-refractivity contribution in [3.8, 4) is 11.5 Å². The zero-order chi connectivity index (χ0) is 19.3. The van der Waals surface area contributed by atoms with Crippen molar-refractivity contribution >= 4 is 11.6 Å². The fraction of sp³-hybridized carbons (Fsp3) is 0.409.